The number of aryl methyl sites for hydroxylation is 2. The molecule has 1 aromatic heterocycles. The van der Waals surface area contributed by atoms with Crippen LogP contribution in [0.4, 0.5) is 5.82 Å². The molecule has 84 valence electrons. The fourth-order valence-corrected chi connectivity index (χ4v) is 1.40. The summed E-state index contributed by atoms with van der Waals surface area (Å²) in [6, 6.07) is 0.392. The van der Waals surface area contributed by atoms with Gasteiger partial charge in [0.15, 0.2) is 0 Å². The molecule has 3 N–H and O–H groups in total. The van der Waals surface area contributed by atoms with Crippen molar-refractivity contribution in [3.8, 4) is 0 Å². The number of aromatic nitrogens is 2. The van der Waals surface area contributed by atoms with Gasteiger partial charge in [-0.1, -0.05) is 0 Å². The van der Waals surface area contributed by atoms with Gasteiger partial charge in [0, 0.05) is 12.2 Å². The lowest BCUT2D eigenvalue weighted by Gasteiger charge is -2.15. The lowest BCUT2D eigenvalue weighted by Crippen LogP contribution is -2.18. The number of hydrogen-bond donors (Lipinski definition) is 2. The predicted octanol–water partition coefficient (Wildman–Crippen LogP) is 1.63. The Labute approximate surface area is 91.3 Å². The van der Waals surface area contributed by atoms with Gasteiger partial charge in [-0.05, 0) is 40.2 Å². The number of anilines is 1. The molecule has 15 heavy (non-hydrogen) atoms. The highest BCUT2D eigenvalue weighted by Crippen LogP contribution is 2.11. The third-order valence-corrected chi connectivity index (χ3v) is 2.30. The molecule has 1 rings (SSSR count). The Morgan fingerprint density at radius 1 is 1.47 bits per heavy atom. The molecule has 0 saturated carbocycles. The highest BCUT2D eigenvalue weighted by atomic mass is 15.0. The molecule has 4 nitrogen and oxygen atoms in total. The van der Waals surface area contributed by atoms with Crippen LogP contribution in [0, 0.1) is 13.8 Å². The van der Waals surface area contributed by atoms with Gasteiger partial charge >= 0.3 is 0 Å². The van der Waals surface area contributed by atoms with Crippen molar-refractivity contribution in [3.63, 3.8) is 0 Å². The second kappa shape index (κ2) is 5.66. The Kier molecular flexibility index (Phi) is 4.49. The van der Waals surface area contributed by atoms with Crippen LogP contribution in [0.2, 0.25) is 0 Å². The Morgan fingerprint density at radius 3 is 2.87 bits per heavy atom. The van der Waals surface area contributed by atoms with Gasteiger partial charge in [-0.25, -0.2) is 4.98 Å². The van der Waals surface area contributed by atoms with Crippen molar-refractivity contribution in [2.75, 3.05) is 11.9 Å². The maximum absolute atomic E-state index is 5.47. The summed E-state index contributed by atoms with van der Waals surface area (Å²) >= 11 is 0. The molecular formula is C11H20N4. The van der Waals surface area contributed by atoms with E-state index in [0.717, 1.165) is 36.6 Å². The van der Waals surface area contributed by atoms with Crippen LogP contribution in [0.15, 0.2) is 6.20 Å². The van der Waals surface area contributed by atoms with Crippen LogP contribution in [0.5, 0.6) is 0 Å². The second-order valence-corrected chi connectivity index (χ2v) is 3.92. The zero-order chi connectivity index (χ0) is 11.3. The summed E-state index contributed by atoms with van der Waals surface area (Å²) in [5.74, 6) is 0.888. The van der Waals surface area contributed by atoms with Gasteiger partial charge in [-0.3, -0.25) is 4.98 Å². The van der Waals surface area contributed by atoms with Gasteiger partial charge in [0.1, 0.15) is 5.82 Å². The van der Waals surface area contributed by atoms with Crippen molar-refractivity contribution in [2.45, 2.75) is 39.7 Å². The van der Waals surface area contributed by atoms with Gasteiger partial charge < -0.3 is 11.1 Å². The van der Waals surface area contributed by atoms with E-state index in [1.54, 1.807) is 6.20 Å². The van der Waals surface area contributed by atoms with Gasteiger partial charge in [0.25, 0.3) is 0 Å². The largest absolute Gasteiger partial charge is 0.366 e. The number of nitrogens with one attached hydrogen (secondary N) is 1. The van der Waals surface area contributed by atoms with E-state index in [0.29, 0.717) is 6.04 Å². The molecule has 0 radical (unpaired) electrons. The number of nitrogens with two attached hydrogens (primary N) is 1. The molecule has 0 saturated heterocycles. The SMILES string of the molecule is Cc1cnc(C)c(NC(C)CCCN)n1. The maximum atomic E-state index is 5.47. The van der Waals surface area contributed by atoms with Crippen molar-refractivity contribution < 1.29 is 0 Å². The zero-order valence-corrected chi connectivity index (χ0v) is 9.75. The van der Waals surface area contributed by atoms with E-state index in [1.165, 1.54) is 0 Å². The summed E-state index contributed by atoms with van der Waals surface area (Å²) in [6.45, 7) is 6.79. The van der Waals surface area contributed by atoms with E-state index in [4.69, 9.17) is 5.73 Å². The van der Waals surface area contributed by atoms with E-state index >= 15 is 0 Å². The van der Waals surface area contributed by atoms with Gasteiger partial charge in [0.2, 0.25) is 0 Å². The third-order valence-electron chi connectivity index (χ3n) is 2.30. The number of hydrogen-bond acceptors (Lipinski definition) is 4. The molecule has 0 bridgehead atoms. The highest BCUT2D eigenvalue weighted by Gasteiger charge is 2.05. The molecule has 1 heterocycles. The summed E-state index contributed by atoms with van der Waals surface area (Å²) in [5, 5.41) is 3.36. The normalized spacial score (nSPS) is 12.5. The van der Waals surface area contributed by atoms with Crippen molar-refractivity contribution in [1.29, 1.82) is 0 Å². The predicted molar refractivity (Wildman–Crippen MR) is 62.9 cm³/mol. The highest BCUT2D eigenvalue weighted by molar-refractivity contribution is 5.40. The molecule has 1 aromatic rings. The molecule has 1 atom stereocenters. The lowest BCUT2D eigenvalue weighted by atomic mass is 10.2. The van der Waals surface area contributed by atoms with Crippen LogP contribution in [0.1, 0.15) is 31.2 Å². The van der Waals surface area contributed by atoms with Crippen molar-refractivity contribution in [1.82, 2.24) is 9.97 Å². The molecule has 0 aromatic carbocycles. The van der Waals surface area contributed by atoms with E-state index in [-0.39, 0.29) is 0 Å². The van der Waals surface area contributed by atoms with Crippen molar-refractivity contribution in [3.05, 3.63) is 17.6 Å². The van der Waals surface area contributed by atoms with Crippen molar-refractivity contribution >= 4 is 5.82 Å². The molecule has 0 aliphatic carbocycles. The molecule has 0 amide bonds. The number of nitrogens with zero attached hydrogens (tertiary/aromatic N) is 2. The molecule has 0 aliphatic heterocycles. The standard InChI is InChI=1S/C11H20N4/c1-8(5-4-6-12)14-11-10(3)13-7-9(2)15-11/h7-8H,4-6,12H2,1-3H3,(H,14,15). The van der Waals surface area contributed by atoms with Crippen LogP contribution in [0.25, 0.3) is 0 Å². The first-order valence-electron chi connectivity index (χ1n) is 5.40. The monoisotopic (exact) mass is 208 g/mol. The summed E-state index contributed by atoms with van der Waals surface area (Å²) in [4.78, 5) is 8.68. The first-order chi connectivity index (χ1) is 7.13. The Morgan fingerprint density at radius 2 is 2.20 bits per heavy atom. The molecule has 0 fully saturated rings. The lowest BCUT2D eigenvalue weighted by molar-refractivity contribution is 0.659. The molecule has 0 aliphatic rings. The van der Waals surface area contributed by atoms with E-state index < -0.39 is 0 Å². The molecular weight excluding hydrogens is 188 g/mol. The average Bonchev–Trinajstić information content (AvgIpc) is 2.20. The summed E-state index contributed by atoms with van der Waals surface area (Å²) in [6.07, 6.45) is 3.88. The van der Waals surface area contributed by atoms with Gasteiger partial charge in [0.05, 0.1) is 11.4 Å². The molecule has 0 spiro atoms. The van der Waals surface area contributed by atoms with Gasteiger partial charge in [-0.2, -0.15) is 0 Å². The quantitative estimate of drug-likeness (QED) is 0.772. The fraction of sp³-hybridized carbons (Fsp3) is 0.636. The Bertz CT molecular complexity index is 311. The minimum atomic E-state index is 0.392. The first-order valence-corrected chi connectivity index (χ1v) is 5.40. The fourth-order valence-electron chi connectivity index (χ4n) is 1.40. The van der Waals surface area contributed by atoms with Crippen LogP contribution >= 0.6 is 0 Å². The average molecular weight is 208 g/mol. The van der Waals surface area contributed by atoms with Crippen LogP contribution in [-0.2, 0) is 0 Å². The summed E-state index contributed by atoms with van der Waals surface area (Å²) in [5.41, 5.74) is 7.35. The van der Waals surface area contributed by atoms with Crippen LogP contribution in [-0.4, -0.2) is 22.6 Å². The smallest absolute Gasteiger partial charge is 0.147 e. The molecule has 1 unspecified atom stereocenters. The van der Waals surface area contributed by atoms with Crippen LogP contribution < -0.4 is 11.1 Å². The van der Waals surface area contributed by atoms with E-state index in [2.05, 4.69) is 22.2 Å². The zero-order valence-electron chi connectivity index (χ0n) is 9.75. The van der Waals surface area contributed by atoms with Gasteiger partial charge in [-0.15, -0.1) is 0 Å². The minimum Gasteiger partial charge on any atom is -0.366 e. The van der Waals surface area contributed by atoms with Crippen LogP contribution in [0.3, 0.4) is 0 Å². The van der Waals surface area contributed by atoms with Crippen molar-refractivity contribution in [2.24, 2.45) is 5.73 Å². The molecule has 4 heteroatoms. The number of rotatable bonds is 5. The van der Waals surface area contributed by atoms with E-state index in [9.17, 15) is 0 Å². The minimum absolute atomic E-state index is 0.392. The first kappa shape index (κ1) is 11.9. The second-order valence-electron chi connectivity index (χ2n) is 3.92. The summed E-state index contributed by atoms with van der Waals surface area (Å²) < 4.78 is 0. The van der Waals surface area contributed by atoms with E-state index in [1.807, 2.05) is 13.8 Å². The topological polar surface area (TPSA) is 63.8 Å². The maximum Gasteiger partial charge on any atom is 0.147 e. The Balaban J connectivity index is 2.59. The Hall–Kier alpha value is -1.16. The summed E-state index contributed by atoms with van der Waals surface area (Å²) in [7, 11) is 0. The third kappa shape index (κ3) is 3.83.